The van der Waals surface area contributed by atoms with Crippen LogP contribution in [0.3, 0.4) is 0 Å². The Balaban J connectivity index is 1.94. The highest BCUT2D eigenvalue weighted by molar-refractivity contribution is 5.40. The molecule has 2 N–H and O–H groups in total. The molecule has 0 saturated carbocycles. The Morgan fingerprint density at radius 2 is 2.39 bits per heavy atom. The maximum absolute atomic E-state index is 5.78. The summed E-state index contributed by atoms with van der Waals surface area (Å²) in [5.41, 5.74) is 6.99. The van der Waals surface area contributed by atoms with Gasteiger partial charge >= 0.3 is 0 Å². The summed E-state index contributed by atoms with van der Waals surface area (Å²) in [6, 6.07) is 4.43. The monoisotopic (exact) mass is 249 g/mol. The molecule has 4 heteroatoms. The Morgan fingerprint density at radius 3 is 3.00 bits per heavy atom. The molecule has 1 aliphatic rings. The van der Waals surface area contributed by atoms with Crippen LogP contribution in [0.4, 0.5) is 5.82 Å². The highest BCUT2D eigenvalue weighted by Gasteiger charge is 2.23. The maximum atomic E-state index is 5.78. The smallest absolute Gasteiger partial charge is 0.128 e. The number of nitrogens with two attached hydrogens (primary N) is 1. The van der Waals surface area contributed by atoms with Crippen LogP contribution in [0.1, 0.15) is 18.9 Å². The van der Waals surface area contributed by atoms with Gasteiger partial charge in [0.1, 0.15) is 5.82 Å². The van der Waals surface area contributed by atoms with Crippen molar-refractivity contribution >= 4 is 5.82 Å². The van der Waals surface area contributed by atoms with Crippen LogP contribution >= 0.6 is 0 Å². The van der Waals surface area contributed by atoms with Crippen LogP contribution in [0, 0.1) is 5.92 Å². The highest BCUT2D eigenvalue weighted by atomic mass is 16.5. The number of pyridine rings is 1. The largest absolute Gasteiger partial charge is 0.384 e. The third-order valence-electron chi connectivity index (χ3n) is 3.38. The summed E-state index contributed by atoms with van der Waals surface area (Å²) in [7, 11) is 1.77. The van der Waals surface area contributed by atoms with E-state index in [2.05, 4.69) is 22.0 Å². The Morgan fingerprint density at radius 1 is 1.56 bits per heavy atom. The normalized spacial score (nSPS) is 21.3. The summed E-state index contributed by atoms with van der Waals surface area (Å²) in [5.74, 6) is 1.71. The molecule has 2 atom stereocenters. The first-order valence-corrected chi connectivity index (χ1v) is 6.63. The van der Waals surface area contributed by atoms with Crippen molar-refractivity contribution in [3.8, 4) is 0 Å². The van der Waals surface area contributed by atoms with Gasteiger partial charge < -0.3 is 15.4 Å². The zero-order valence-corrected chi connectivity index (χ0v) is 11.3. The van der Waals surface area contributed by atoms with Crippen molar-refractivity contribution in [2.75, 3.05) is 31.7 Å². The zero-order valence-electron chi connectivity index (χ0n) is 11.3. The van der Waals surface area contributed by atoms with E-state index in [1.54, 1.807) is 7.11 Å². The zero-order chi connectivity index (χ0) is 13.0. The molecule has 100 valence electrons. The van der Waals surface area contributed by atoms with Crippen molar-refractivity contribution in [1.29, 1.82) is 0 Å². The third kappa shape index (κ3) is 3.43. The second-order valence-corrected chi connectivity index (χ2v) is 5.26. The molecule has 0 bridgehead atoms. The number of hydrogen-bond donors (Lipinski definition) is 1. The highest BCUT2D eigenvalue weighted by Crippen LogP contribution is 2.22. The van der Waals surface area contributed by atoms with E-state index in [1.165, 1.54) is 12.0 Å². The predicted molar refractivity (Wildman–Crippen MR) is 73.8 cm³/mol. The maximum Gasteiger partial charge on any atom is 0.128 e. The summed E-state index contributed by atoms with van der Waals surface area (Å²) in [4.78, 5) is 6.87. The SMILES string of the molecule is COCC1CCN(c2ccc(CC(C)N)cn2)C1. The van der Waals surface area contributed by atoms with Gasteiger partial charge in [-0.2, -0.15) is 0 Å². The fraction of sp³-hybridized carbons (Fsp3) is 0.643. The molecule has 0 spiro atoms. The van der Waals surface area contributed by atoms with E-state index in [0.29, 0.717) is 5.92 Å². The van der Waals surface area contributed by atoms with Crippen molar-refractivity contribution in [3.05, 3.63) is 23.9 Å². The topological polar surface area (TPSA) is 51.4 Å². The number of ether oxygens (including phenoxy) is 1. The van der Waals surface area contributed by atoms with Gasteiger partial charge in [0.05, 0.1) is 6.61 Å². The van der Waals surface area contributed by atoms with Crippen LogP contribution in [0.25, 0.3) is 0 Å². The second-order valence-electron chi connectivity index (χ2n) is 5.26. The number of hydrogen-bond acceptors (Lipinski definition) is 4. The van der Waals surface area contributed by atoms with E-state index in [4.69, 9.17) is 10.5 Å². The summed E-state index contributed by atoms with van der Waals surface area (Å²) >= 11 is 0. The number of methoxy groups -OCH3 is 1. The standard InChI is InChI=1S/C14H23N3O/c1-11(15)7-12-3-4-14(16-8-12)17-6-5-13(9-17)10-18-2/h3-4,8,11,13H,5-7,9-10,15H2,1-2H3. The van der Waals surface area contributed by atoms with Gasteiger partial charge in [0.15, 0.2) is 0 Å². The third-order valence-corrected chi connectivity index (χ3v) is 3.38. The molecule has 1 aromatic rings. The lowest BCUT2D eigenvalue weighted by Crippen LogP contribution is -2.22. The van der Waals surface area contributed by atoms with Crippen molar-refractivity contribution in [2.24, 2.45) is 11.7 Å². The van der Waals surface area contributed by atoms with Crippen LogP contribution in [0.5, 0.6) is 0 Å². The first-order chi connectivity index (χ1) is 8.69. The Kier molecular flexibility index (Phi) is 4.55. The molecule has 2 unspecified atom stereocenters. The molecule has 1 aliphatic heterocycles. The van der Waals surface area contributed by atoms with E-state index in [0.717, 1.165) is 31.9 Å². The molecule has 4 nitrogen and oxygen atoms in total. The molecule has 0 aromatic carbocycles. The van der Waals surface area contributed by atoms with Gasteiger partial charge in [0, 0.05) is 38.4 Å². The average molecular weight is 249 g/mol. The lowest BCUT2D eigenvalue weighted by Gasteiger charge is -2.17. The van der Waals surface area contributed by atoms with E-state index < -0.39 is 0 Å². The first-order valence-electron chi connectivity index (χ1n) is 6.63. The molecule has 0 amide bonds. The van der Waals surface area contributed by atoms with Crippen LogP contribution in [0.15, 0.2) is 18.3 Å². The van der Waals surface area contributed by atoms with Crippen molar-refractivity contribution in [2.45, 2.75) is 25.8 Å². The Bertz CT molecular complexity index is 364. The number of nitrogens with zero attached hydrogens (tertiary/aromatic N) is 2. The van der Waals surface area contributed by atoms with Crippen molar-refractivity contribution in [3.63, 3.8) is 0 Å². The molecule has 1 saturated heterocycles. The lowest BCUT2D eigenvalue weighted by molar-refractivity contribution is 0.161. The molecule has 1 aromatic heterocycles. The number of rotatable bonds is 5. The molecule has 1 fully saturated rings. The Hall–Kier alpha value is -1.13. The van der Waals surface area contributed by atoms with Gasteiger partial charge in [-0.3, -0.25) is 0 Å². The molecule has 0 aliphatic carbocycles. The minimum absolute atomic E-state index is 0.190. The number of anilines is 1. The van der Waals surface area contributed by atoms with Gasteiger partial charge in [-0.1, -0.05) is 6.07 Å². The first kappa shape index (κ1) is 13.3. The quantitative estimate of drug-likeness (QED) is 0.858. The van der Waals surface area contributed by atoms with Gasteiger partial charge in [-0.15, -0.1) is 0 Å². The summed E-state index contributed by atoms with van der Waals surface area (Å²) < 4.78 is 5.21. The minimum atomic E-state index is 0.190. The van der Waals surface area contributed by atoms with Crippen LogP contribution in [0.2, 0.25) is 0 Å². The van der Waals surface area contributed by atoms with Gasteiger partial charge in [-0.05, 0) is 31.4 Å². The van der Waals surface area contributed by atoms with Crippen LogP contribution in [-0.4, -0.2) is 37.8 Å². The molecule has 2 heterocycles. The van der Waals surface area contributed by atoms with E-state index in [9.17, 15) is 0 Å². The Labute approximate surface area is 109 Å². The minimum Gasteiger partial charge on any atom is -0.384 e. The van der Waals surface area contributed by atoms with Gasteiger partial charge in [0.25, 0.3) is 0 Å². The number of aromatic nitrogens is 1. The average Bonchev–Trinajstić information content (AvgIpc) is 2.78. The summed E-state index contributed by atoms with van der Waals surface area (Å²) in [6.07, 6.45) is 4.03. The molecule has 18 heavy (non-hydrogen) atoms. The van der Waals surface area contributed by atoms with Crippen molar-refractivity contribution in [1.82, 2.24) is 4.98 Å². The fourth-order valence-corrected chi connectivity index (χ4v) is 2.51. The molecular weight excluding hydrogens is 226 g/mol. The summed E-state index contributed by atoms with van der Waals surface area (Å²) in [5, 5.41) is 0. The predicted octanol–water partition coefficient (Wildman–Crippen LogP) is 1.44. The van der Waals surface area contributed by atoms with E-state index in [-0.39, 0.29) is 6.04 Å². The fourth-order valence-electron chi connectivity index (χ4n) is 2.51. The molecule has 2 rings (SSSR count). The van der Waals surface area contributed by atoms with Crippen LogP contribution in [-0.2, 0) is 11.2 Å². The van der Waals surface area contributed by atoms with E-state index in [1.807, 2.05) is 13.1 Å². The molecule has 0 radical (unpaired) electrons. The second kappa shape index (κ2) is 6.16. The van der Waals surface area contributed by atoms with Gasteiger partial charge in [-0.25, -0.2) is 4.98 Å². The van der Waals surface area contributed by atoms with Crippen LogP contribution < -0.4 is 10.6 Å². The summed E-state index contributed by atoms with van der Waals surface area (Å²) in [6.45, 7) is 4.99. The molecular formula is C14H23N3O. The van der Waals surface area contributed by atoms with Crippen molar-refractivity contribution < 1.29 is 4.74 Å². The lowest BCUT2D eigenvalue weighted by atomic mass is 10.1. The van der Waals surface area contributed by atoms with Gasteiger partial charge in [0.2, 0.25) is 0 Å². The van der Waals surface area contributed by atoms with E-state index >= 15 is 0 Å².